The molecule has 7 heteroatoms. The highest BCUT2D eigenvalue weighted by atomic mass is 16.5. The van der Waals surface area contributed by atoms with Crippen LogP contribution in [-0.2, 0) is 18.3 Å². The van der Waals surface area contributed by atoms with Crippen molar-refractivity contribution in [2.75, 3.05) is 38.8 Å². The summed E-state index contributed by atoms with van der Waals surface area (Å²) < 4.78 is 7.74. The number of hydrogen-bond donors (Lipinski definition) is 0. The fourth-order valence-corrected chi connectivity index (χ4v) is 2.75. The van der Waals surface area contributed by atoms with E-state index in [4.69, 9.17) is 9.72 Å². The van der Waals surface area contributed by atoms with Crippen LogP contribution in [0.15, 0.2) is 18.5 Å². The van der Waals surface area contributed by atoms with Crippen LogP contribution in [0.4, 0.5) is 5.82 Å². The lowest BCUT2D eigenvalue weighted by atomic mass is 10.2. The monoisotopic (exact) mass is 316 g/mol. The van der Waals surface area contributed by atoms with Crippen molar-refractivity contribution in [1.82, 2.24) is 24.4 Å². The molecular weight excluding hydrogens is 292 g/mol. The van der Waals surface area contributed by atoms with E-state index in [2.05, 4.69) is 19.4 Å². The van der Waals surface area contributed by atoms with Gasteiger partial charge in [0, 0.05) is 51.8 Å². The highest BCUT2D eigenvalue weighted by Crippen LogP contribution is 2.25. The number of imidazole rings is 1. The van der Waals surface area contributed by atoms with Crippen LogP contribution in [0.5, 0.6) is 0 Å². The van der Waals surface area contributed by atoms with Gasteiger partial charge in [0.15, 0.2) is 0 Å². The van der Waals surface area contributed by atoms with Crippen molar-refractivity contribution in [3.63, 3.8) is 0 Å². The molecule has 1 fully saturated rings. The Morgan fingerprint density at radius 2 is 2.17 bits per heavy atom. The van der Waals surface area contributed by atoms with E-state index < -0.39 is 0 Å². The van der Waals surface area contributed by atoms with Crippen LogP contribution in [-0.4, -0.2) is 58.3 Å². The highest BCUT2D eigenvalue weighted by Gasteiger charge is 2.28. The van der Waals surface area contributed by atoms with Gasteiger partial charge in [0.1, 0.15) is 17.5 Å². The third kappa shape index (κ3) is 3.51. The van der Waals surface area contributed by atoms with Gasteiger partial charge in [-0.25, -0.2) is 15.0 Å². The number of aromatic nitrogens is 4. The summed E-state index contributed by atoms with van der Waals surface area (Å²) in [6, 6.07) is 2.05. The Labute approximate surface area is 136 Å². The van der Waals surface area contributed by atoms with Crippen LogP contribution in [0.3, 0.4) is 0 Å². The highest BCUT2D eigenvalue weighted by molar-refractivity contribution is 5.38. The molecule has 1 unspecified atom stereocenters. The van der Waals surface area contributed by atoms with Crippen LogP contribution in [0.2, 0.25) is 0 Å². The summed E-state index contributed by atoms with van der Waals surface area (Å²) in [4.78, 5) is 18.2. The molecule has 0 spiro atoms. The third-order valence-electron chi connectivity index (χ3n) is 4.12. The molecule has 0 aliphatic carbocycles. The zero-order valence-corrected chi connectivity index (χ0v) is 14.2. The van der Waals surface area contributed by atoms with E-state index in [-0.39, 0.29) is 6.04 Å². The summed E-state index contributed by atoms with van der Waals surface area (Å²) in [5.74, 6) is 2.79. The van der Waals surface area contributed by atoms with Gasteiger partial charge in [0.05, 0.1) is 25.8 Å². The minimum Gasteiger partial charge on any atom is -0.378 e. The molecule has 0 saturated carbocycles. The maximum absolute atomic E-state index is 5.69. The molecule has 0 N–H and O–H groups in total. The van der Waals surface area contributed by atoms with Crippen molar-refractivity contribution in [3.05, 3.63) is 35.8 Å². The predicted molar refractivity (Wildman–Crippen MR) is 88.3 cm³/mol. The number of aryl methyl sites for hydroxylation is 2. The minimum absolute atomic E-state index is 0.0547. The number of morpholine rings is 1. The van der Waals surface area contributed by atoms with Gasteiger partial charge in [0.25, 0.3) is 0 Å². The summed E-state index contributed by atoms with van der Waals surface area (Å²) in [5.41, 5.74) is 0.973. The Hall–Kier alpha value is -1.99. The van der Waals surface area contributed by atoms with Crippen LogP contribution in [0.1, 0.15) is 23.4 Å². The first-order valence-corrected chi connectivity index (χ1v) is 7.85. The topological polar surface area (TPSA) is 59.3 Å². The number of rotatable bonds is 4. The average molecular weight is 316 g/mol. The van der Waals surface area contributed by atoms with Crippen LogP contribution in [0.25, 0.3) is 0 Å². The number of hydrogen-bond acceptors (Lipinski definition) is 6. The largest absolute Gasteiger partial charge is 0.378 e. The van der Waals surface area contributed by atoms with Crippen molar-refractivity contribution in [2.45, 2.75) is 19.5 Å². The molecule has 0 radical (unpaired) electrons. The zero-order chi connectivity index (χ0) is 16.4. The molecule has 1 aliphatic heterocycles. The van der Waals surface area contributed by atoms with Crippen molar-refractivity contribution >= 4 is 5.82 Å². The lowest BCUT2D eigenvalue weighted by Gasteiger charge is -2.34. The van der Waals surface area contributed by atoms with Crippen LogP contribution >= 0.6 is 0 Å². The molecule has 1 aliphatic rings. The van der Waals surface area contributed by atoms with Crippen molar-refractivity contribution in [2.24, 2.45) is 7.05 Å². The van der Waals surface area contributed by atoms with E-state index in [1.54, 1.807) is 0 Å². The lowest BCUT2D eigenvalue weighted by molar-refractivity contribution is -0.0173. The molecule has 0 amide bonds. The molecule has 3 heterocycles. The van der Waals surface area contributed by atoms with Gasteiger partial charge in [-0.15, -0.1) is 0 Å². The summed E-state index contributed by atoms with van der Waals surface area (Å²) >= 11 is 0. The summed E-state index contributed by atoms with van der Waals surface area (Å²) in [6.07, 6.45) is 3.80. The summed E-state index contributed by atoms with van der Waals surface area (Å²) in [5, 5.41) is 0. The summed E-state index contributed by atoms with van der Waals surface area (Å²) in [7, 11) is 6.01. The van der Waals surface area contributed by atoms with Crippen molar-refractivity contribution in [3.8, 4) is 0 Å². The van der Waals surface area contributed by atoms with Crippen molar-refractivity contribution < 1.29 is 4.74 Å². The second-order valence-corrected chi connectivity index (χ2v) is 6.14. The second kappa shape index (κ2) is 6.64. The molecule has 124 valence electrons. The molecule has 0 bridgehead atoms. The minimum atomic E-state index is 0.0547. The molecule has 7 nitrogen and oxygen atoms in total. The average Bonchev–Trinajstić information content (AvgIpc) is 2.92. The molecule has 23 heavy (non-hydrogen) atoms. The van der Waals surface area contributed by atoms with Gasteiger partial charge in [-0.2, -0.15) is 0 Å². The van der Waals surface area contributed by atoms with E-state index in [0.717, 1.165) is 42.9 Å². The maximum Gasteiger partial charge on any atom is 0.150 e. The van der Waals surface area contributed by atoms with Gasteiger partial charge < -0.3 is 14.2 Å². The molecule has 0 aromatic carbocycles. The first-order valence-electron chi connectivity index (χ1n) is 7.85. The molecule has 1 saturated heterocycles. The van der Waals surface area contributed by atoms with E-state index in [9.17, 15) is 0 Å². The lowest BCUT2D eigenvalue weighted by Crippen LogP contribution is -2.40. The van der Waals surface area contributed by atoms with Gasteiger partial charge in [-0.1, -0.05) is 0 Å². The Kier molecular flexibility index (Phi) is 4.58. The standard InChI is InChI=1S/C16H24N6O/c1-12-9-14(20(2)3)19-16(18-12)13-11-23-8-7-22(13)10-15-17-5-6-21(15)4/h5-6,9,13H,7-8,10-11H2,1-4H3. The predicted octanol–water partition coefficient (Wildman–Crippen LogP) is 1.16. The van der Waals surface area contributed by atoms with E-state index in [1.165, 1.54) is 0 Å². The second-order valence-electron chi connectivity index (χ2n) is 6.14. The fourth-order valence-electron chi connectivity index (χ4n) is 2.75. The SMILES string of the molecule is Cc1cc(N(C)C)nc(C2COCCN2Cc2nccn2C)n1. The van der Waals surface area contributed by atoms with Gasteiger partial charge in [-0.05, 0) is 6.92 Å². The molecule has 2 aromatic heterocycles. The van der Waals surface area contributed by atoms with Gasteiger partial charge in [0.2, 0.25) is 0 Å². The van der Waals surface area contributed by atoms with E-state index in [1.807, 2.05) is 51.4 Å². The molecule has 3 rings (SSSR count). The Morgan fingerprint density at radius 3 is 2.87 bits per heavy atom. The summed E-state index contributed by atoms with van der Waals surface area (Å²) in [6.45, 7) is 4.97. The van der Waals surface area contributed by atoms with Crippen LogP contribution < -0.4 is 4.90 Å². The first kappa shape index (κ1) is 15.9. The quantitative estimate of drug-likeness (QED) is 0.843. The van der Waals surface area contributed by atoms with Gasteiger partial charge in [-0.3, -0.25) is 4.90 Å². The van der Waals surface area contributed by atoms with Crippen molar-refractivity contribution in [1.29, 1.82) is 0 Å². The number of anilines is 1. The fraction of sp³-hybridized carbons (Fsp3) is 0.562. The van der Waals surface area contributed by atoms with Gasteiger partial charge >= 0.3 is 0 Å². The van der Waals surface area contributed by atoms with E-state index >= 15 is 0 Å². The molecule has 1 atom stereocenters. The normalized spacial score (nSPS) is 19.0. The Balaban J connectivity index is 1.88. The number of ether oxygens (including phenoxy) is 1. The third-order valence-corrected chi connectivity index (χ3v) is 4.12. The van der Waals surface area contributed by atoms with Crippen LogP contribution in [0, 0.1) is 6.92 Å². The smallest absolute Gasteiger partial charge is 0.150 e. The Morgan fingerprint density at radius 1 is 1.35 bits per heavy atom. The number of nitrogens with zero attached hydrogens (tertiary/aromatic N) is 6. The molecule has 2 aromatic rings. The maximum atomic E-state index is 5.69. The molecular formula is C16H24N6O. The van der Waals surface area contributed by atoms with E-state index in [0.29, 0.717) is 6.61 Å². The first-order chi connectivity index (χ1) is 11.0. The zero-order valence-electron chi connectivity index (χ0n) is 14.2. The Bertz CT molecular complexity index is 668.